The number of nitrogen functional groups attached to an aromatic ring is 1. The van der Waals surface area contributed by atoms with Crippen LogP contribution in [0.15, 0.2) is 24.3 Å². The van der Waals surface area contributed by atoms with Gasteiger partial charge in [-0.05, 0) is 38.3 Å². The van der Waals surface area contributed by atoms with E-state index >= 15 is 0 Å². The largest absolute Gasteiger partial charge is 0.390 e. The van der Waals surface area contributed by atoms with Crippen molar-refractivity contribution in [1.82, 2.24) is 19.5 Å². The molecule has 0 radical (unpaired) electrons. The van der Waals surface area contributed by atoms with Crippen molar-refractivity contribution in [2.75, 3.05) is 5.73 Å². The normalized spacial score (nSPS) is 12.0. The van der Waals surface area contributed by atoms with Crippen LogP contribution in [0.4, 0.5) is 10.2 Å². The number of nitrogens with zero attached hydrogens (tertiary/aromatic N) is 4. The van der Waals surface area contributed by atoms with E-state index in [9.17, 15) is 9.50 Å². The van der Waals surface area contributed by atoms with E-state index in [1.165, 1.54) is 12.1 Å². The topological polar surface area (TPSA) is 89.9 Å². The van der Waals surface area contributed by atoms with Gasteiger partial charge in [0.2, 0.25) is 0 Å². The van der Waals surface area contributed by atoms with E-state index in [1.807, 2.05) is 31.4 Å². The first-order chi connectivity index (χ1) is 12.9. The van der Waals surface area contributed by atoms with Gasteiger partial charge in [-0.2, -0.15) is 0 Å². The summed E-state index contributed by atoms with van der Waals surface area (Å²) in [6.07, 6.45) is 2.46. The van der Waals surface area contributed by atoms with E-state index in [0.717, 1.165) is 0 Å². The highest BCUT2D eigenvalue weighted by atomic mass is 19.1. The second-order valence-corrected chi connectivity index (χ2v) is 6.82. The van der Waals surface area contributed by atoms with Crippen molar-refractivity contribution in [1.29, 1.82) is 0 Å². The third-order valence-corrected chi connectivity index (χ3v) is 5.20. The highest BCUT2D eigenvalue weighted by molar-refractivity contribution is 5.85. The summed E-state index contributed by atoms with van der Waals surface area (Å²) in [5.74, 6) is 1.18. The first kappa shape index (κ1) is 19.2. The molecule has 3 rings (SSSR count). The fourth-order valence-corrected chi connectivity index (χ4v) is 3.28. The zero-order valence-corrected chi connectivity index (χ0v) is 16.0. The molecule has 0 unspecified atom stereocenters. The molecule has 2 aromatic heterocycles. The number of aromatic nitrogens is 4. The maximum absolute atomic E-state index is 13.7. The number of anilines is 1. The number of hydrogen-bond acceptors (Lipinski definition) is 5. The molecule has 0 aliphatic carbocycles. The minimum Gasteiger partial charge on any atom is -0.390 e. The number of halogens is 1. The lowest BCUT2D eigenvalue weighted by Gasteiger charge is -2.24. The Balaban J connectivity index is 2.04. The average Bonchev–Trinajstić information content (AvgIpc) is 3.05. The van der Waals surface area contributed by atoms with Crippen molar-refractivity contribution in [2.45, 2.75) is 58.6 Å². The second-order valence-electron chi connectivity index (χ2n) is 6.82. The zero-order valence-electron chi connectivity index (χ0n) is 16.0. The number of aryl methyl sites for hydroxylation is 2. The lowest BCUT2D eigenvalue weighted by atomic mass is 9.92. The molecule has 0 saturated heterocycles. The summed E-state index contributed by atoms with van der Waals surface area (Å²) in [4.78, 5) is 13.6. The lowest BCUT2D eigenvalue weighted by Crippen LogP contribution is -2.27. The molecule has 0 saturated carbocycles. The van der Waals surface area contributed by atoms with Gasteiger partial charge in [-0.15, -0.1) is 0 Å². The molecule has 6 nitrogen and oxygen atoms in total. The third-order valence-electron chi connectivity index (χ3n) is 5.20. The molecule has 27 heavy (non-hydrogen) atoms. The maximum Gasteiger partial charge on any atom is 0.166 e. The Morgan fingerprint density at radius 2 is 1.89 bits per heavy atom. The molecule has 2 heterocycles. The van der Waals surface area contributed by atoms with Gasteiger partial charge in [-0.1, -0.05) is 26.0 Å². The molecule has 1 aromatic carbocycles. The lowest BCUT2D eigenvalue weighted by molar-refractivity contribution is 0.0235. The predicted octanol–water partition coefficient (Wildman–Crippen LogP) is 3.72. The van der Waals surface area contributed by atoms with Crippen molar-refractivity contribution in [3.05, 3.63) is 35.9 Å². The van der Waals surface area contributed by atoms with Crippen LogP contribution < -0.4 is 5.73 Å². The van der Waals surface area contributed by atoms with Gasteiger partial charge in [-0.25, -0.2) is 19.3 Å². The van der Waals surface area contributed by atoms with E-state index in [1.54, 1.807) is 6.07 Å². The van der Waals surface area contributed by atoms with Gasteiger partial charge in [0.15, 0.2) is 17.0 Å². The Morgan fingerprint density at radius 1 is 1.15 bits per heavy atom. The van der Waals surface area contributed by atoms with Crippen molar-refractivity contribution in [3.8, 4) is 11.4 Å². The van der Waals surface area contributed by atoms with E-state index in [0.29, 0.717) is 66.4 Å². The molecule has 0 aliphatic heterocycles. The van der Waals surface area contributed by atoms with Gasteiger partial charge in [0.25, 0.3) is 0 Å². The van der Waals surface area contributed by atoms with E-state index in [2.05, 4.69) is 15.0 Å². The molecule has 0 bridgehead atoms. The van der Waals surface area contributed by atoms with Crippen LogP contribution in [0.1, 0.15) is 45.9 Å². The smallest absolute Gasteiger partial charge is 0.166 e. The Hall–Kier alpha value is -2.54. The Morgan fingerprint density at radius 3 is 2.52 bits per heavy atom. The molecular weight excluding hydrogens is 345 g/mol. The first-order valence-corrected chi connectivity index (χ1v) is 9.41. The number of fused-ring (bicyclic) bond motifs is 1. The fraction of sp³-hybridized carbons (Fsp3) is 0.450. The van der Waals surface area contributed by atoms with Crippen LogP contribution in [-0.4, -0.2) is 30.2 Å². The molecule has 0 amide bonds. The summed E-state index contributed by atoms with van der Waals surface area (Å²) >= 11 is 0. The summed E-state index contributed by atoms with van der Waals surface area (Å²) < 4.78 is 15.6. The molecule has 144 valence electrons. The van der Waals surface area contributed by atoms with Gasteiger partial charge in [0, 0.05) is 18.5 Å². The molecular formula is C20H26FN5O. The Bertz CT molecular complexity index is 949. The second kappa shape index (κ2) is 7.60. The van der Waals surface area contributed by atoms with Crippen LogP contribution in [0.5, 0.6) is 0 Å². The van der Waals surface area contributed by atoms with Gasteiger partial charge < -0.3 is 15.4 Å². The van der Waals surface area contributed by atoms with Crippen LogP contribution in [0, 0.1) is 5.82 Å². The molecule has 3 N–H and O–H groups in total. The quantitative estimate of drug-likeness (QED) is 0.661. The number of imidazole rings is 1. The van der Waals surface area contributed by atoms with Gasteiger partial charge in [0.1, 0.15) is 17.5 Å². The number of benzene rings is 1. The fourth-order valence-electron chi connectivity index (χ4n) is 3.28. The average molecular weight is 371 g/mol. The number of aliphatic hydroxyl groups is 1. The minimum atomic E-state index is -0.717. The Labute approximate surface area is 158 Å². The third kappa shape index (κ3) is 3.78. The molecule has 7 heteroatoms. The monoisotopic (exact) mass is 371 g/mol. The number of rotatable bonds is 7. The molecule has 0 aliphatic rings. The van der Waals surface area contributed by atoms with Crippen molar-refractivity contribution >= 4 is 17.0 Å². The zero-order chi connectivity index (χ0) is 19.6. The molecule has 3 aromatic rings. The van der Waals surface area contributed by atoms with Crippen LogP contribution in [0.25, 0.3) is 22.6 Å². The SMILES string of the molecule is CCn1c(-c2cccc(F)c2)nc2c(N)nc(CCC(O)(CC)CC)nc21. The summed E-state index contributed by atoms with van der Waals surface area (Å²) in [5.41, 5.74) is 7.24. The highest BCUT2D eigenvalue weighted by Crippen LogP contribution is 2.28. The number of nitrogens with two attached hydrogens (primary N) is 1. The van der Waals surface area contributed by atoms with Gasteiger partial charge >= 0.3 is 0 Å². The van der Waals surface area contributed by atoms with Crippen molar-refractivity contribution < 1.29 is 9.50 Å². The van der Waals surface area contributed by atoms with E-state index in [-0.39, 0.29) is 5.82 Å². The first-order valence-electron chi connectivity index (χ1n) is 9.41. The molecule has 0 fully saturated rings. The summed E-state index contributed by atoms with van der Waals surface area (Å²) in [5, 5.41) is 10.5. The van der Waals surface area contributed by atoms with E-state index < -0.39 is 5.60 Å². The van der Waals surface area contributed by atoms with Gasteiger partial charge in [0.05, 0.1) is 5.60 Å². The minimum absolute atomic E-state index is 0.302. The van der Waals surface area contributed by atoms with Crippen LogP contribution in [-0.2, 0) is 13.0 Å². The van der Waals surface area contributed by atoms with E-state index in [4.69, 9.17) is 5.73 Å². The van der Waals surface area contributed by atoms with Gasteiger partial charge in [-0.3, -0.25) is 0 Å². The van der Waals surface area contributed by atoms with Crippen LogP contribution in [0.3, 0.4) is 0 Å². The predicted molar refractivity (Wildman–Crippen MR) is 105 cm³/mol. The molecule has 0 atom stereocenters. The summed E-state index contributed by atoms with van der Waals surface area (Å²) in [6.45, 7) is 6.54. The van der Waals surface area contributed by atoms with Crippen LogP contribution >= 0.6 is 0 Å². The Kier molecular flexibility index (Phi) is 5.41. The van der Waals surface area contributed by atoms with Crippen molar-refractivity contribution in [2.24, 2.45) is 0 Å². The standard InChI is InChI=1S/C20H26FN5O/c1-4-20(27,5-2)11-10-15-23-17(22)16-19(24-15)26(6-3)18(25-16)13-8-7-9-14(21)12-13/h7-9,12,27H,4-6,10-11H2,1-3H3,(H2,22,23,24). The number of hydrogen-bond donors (Lipinski definition) is 2. The summed E-state index contributed by atoms with van der Waals surface area (Å²) in [6, 6.07) is 6.31. The molecule has 0 spiro atoms. The van der Waals surface area contributed by atoms with Crippen molar-refractivity contribution in [3.63, 3.8) is 0 Å². The summed E-state index contributed by atoms with van der Waals surface area (Å²) in [7, 11) is 0. The maximum atomic E-state index is 13.7. The van der Waals surface area contributed by atoms with Crippen LogP contribution in [0.2, 0.25) is 0 Å². The highest BCUT2D eigenvalue weighted by Gasteiger charge is 2.23.